The van der Waals surface area contributed by atoms with E-state index in [2.05, 4.69) is 5.32 Å². The molecule has 1 fully saturated rings. The van der Waals surface area contributed by atoms with E-state index in [-0.39, 0.29) is 23.8 Å². The fourth-order valence-corrected chi connectivity index (χ4v) is 4.43. The molecule has 0 bridgehead atoms. The van der Waals surface area contributed by atoms with Crippen molar-refractivity contribution in [3.63, 3.8) is 0 Å². The molecule has 1 aromatic rings. The van der Waals surface area contributed by atoms with Gasteiger partial charge in [0.2, 0.25) is 0 Å². The molecule has 1 amide bonds. The van der Waals surface area contributed by atoms with Crippen molar-refractivity contribution in [2.75, 3.05) is 16.8 Å². The third kappa shape index (κ3) is 5.51. The topological polar surface area (TPSA) is 89.5 Å². The van der Waals surface area contributed by atoms with Crippen molar-refractivity contribution in [2.45, 2.75) is 25.9 Å². The second kappa shape index (κ2) is 7.31. The Morgan fingerprint density at radius 3 is 2.78 bits per heavy atom. The molecule has 126 valence electrons. The van der Waals surface area contributed by atoms with E-state index in [9.17, 15) is 18.0 Å². The third-order valence-electron chi connectivity index (χ3n) is 3.55. The van der Waals surface area contributed by atoms with Gasteiger partial charge in [-0.05, 0) is 37.5 Å². The Labute approximate surface area is 140 Å². The van der Waals surface area contributed by atoms with Crippen LogP contribution in [-0.4, -0.2) is 37.9 Å². The number of nitrogens with one attached hydrogen (secondary N) is 1. The van der Waals surface area contributed by atoms with E-state index in [1.54, 1.807) is 24.3 Å². The summed E-state index contributed by atoms with van der Waals surface area (Å²) < 4.78 is 27.8. The molecule has 1 N–H and O–H groups in total. The lowest BCUT2D eigenvalue weighted by Gasteiger charge is -2.15. The number of anilines is 1. The van der Waals surface area contributed by atoms with E-state index in [0.29, 0.717) is 17.1 Å². The zero-order valence-corrected chi connectivity index (χ0v) is 14.2. The van der Waals surface area contributed by atoms with E-state index >= 15 is 0 Å². The molecule has 23 heavy (non-hydrogen) atoms. The van der Waals surface area contributed by atoms with Crippen LogP contribution in [0.15, 0.2) is 24.3 Å². The molecule has 8 heteroatoms. The number of hydrogen-bond donors (Lipinski definition) is 1. The number of carbonyl (C=O) groups excluding carboxylic acids is 2. The van der Waals surface area contributed by atoms with Crippen LogP contribution in [0.25, 0.3) is 0 Å². The summed E-state index contributed by atoms with van der Waals surface area (Å²) in [6.45, 7) is 1.46. The van der Waals surface area contributed by atoms with Crippen LogP contribution in [0.2, 0.25) is 5.02 Å². The maximum atomic E-state index is 12.0. The Morgan fingerprint density at radius 2 is 2.17 bits per heavy atom. The molecule has 2 atom stereocenters. The van der Waals surface area contributed by atoms with Crippen LogP contribution in [-0.2, 0) is 24.2 Å². The Kier molecular flexibility index (Phi) is 5.64. The molecule has 0 spiro atoms. The average molecular weight is 360 g/mol. The molecule has 1 heterocycles. The van der Waals surface area contributed by atoms with Crippen molar-refractivity contribution in [3.05, 3.63) is 29.3 Å². The lowest BCUT2D eigenvalue weighted by atomic mass is 10.1. The lowest BCUT2D eigenvalue weighted by Crippen LogP contribution is -2.30. The average Bonchev–Trinajstić information content (AvgIpc) is 2.77. The van der Waals surface area contributed by atoms with E-state index in [0.717, 1.165) is 0 Å². The number of ether oxygens (including phenoxy) is 1. The molecule has 6 nitrogen and oxygen atoms in total. The molecule has 1 saturated heterocycles. The van der Waals surface area contributed by atoms with Gasteiger partial charge in [0.1, 0.15) is 0 Å². The Balaban J connectivity index is 1.82. The number of halogens is 1. The monoisotopic (exact) mass is 359 g/mol. The summed E-state index contributed by atoms with van der Waals surface area (Å²) in [6, 6.07) is 6.62. The highest BCUT2D eigenvalue weighted by molar-refractivity contribution is 7.91. The van der Waals surface area contributed by atoms with Crippen molar-refractivity contribution in [1.82, 2.24) is 0 Å². The molecule has 1 aliphatic heterocycles. The lowest BCUT2D eigenvalue weighted by molar-refractivity contribution is -0.153. The van der Waals surface area contributed by atoms with Crippen molar-refractivity contribution in [1.29, 1.82) is 0 Å². The minimum atomic E-state index is -3.03. The van der Waals surface area contributed by atoms with Gasteiger partial charge in [0, 0.05) is 17.1 Å². The zero-order valence-electron chi connectivity index (χ0n) is 12.6. The van der Waals surface area contributed by atoms with Crippen molar-refractivity contribution in [2.24, 2.45) is 5.92 Å². The summed E-state index contributed by atoms with van der Waals surface area (Å²) in [6.07, 6.45) is -0.506. The second-order valence-electron chi connectivity index (χ2n) is 5.60. The van der Waals surface area contributed by atoms with Gasteiger partial charge in [0.25, 0.3) is 5.91 Å². The van der Waals surface area contributed by atoms with E-state index in [4.69, 9.17) is 16.3 Å². The molecular formula is C15H18ClNO5S. The molecule has 1 aliphatic rings. The Bertz CT molecular complexity index is 704. The maximum absolute atomic E-state index is 12.0. The van der Waals surface area contributed by atoms with Crippen LogP contribution in [0.3, 0.4) is 0 Å². The van der Waals surface area contributed by atoms with Gasteiger partial charge >= 0.3 is 5.97 Å². The molecular weight excluding hydrogens is 342 g/mol. The largest absolute Gasteiger partial charge is 0.453 e. The van der Waals surface area contributed by atoms with E-state index < -0.39 is 27.8 Å². The van der Waals surface area contributed by atoms with Crippen molar-refractivity contribution in [3.8, 4) is 0 Å². The predicted molar refractivity (Wildman–Crippen MR) is 87.0 cm³/mol. The highest BCUT2D eigenvalue weighted by atomic mass is 35.5. The first kappa shape index (κ1) is 17.7. The minimum Gasteiger partial charge on any atom is -0.453 e. The molecule has 0 aromatic heterocycles. The summed E-state index contributed by atoms with van der Waals surface area (Å²) in [4.78, 5) is 23.8. The number of hydrogen-bond acceptors (Lipinski definition) is 5. The number of carbonyl (C=O) groups is 2. The fourth-order valence-electron chi connectivity index (χ4n) is 2.38. The number of benzene rings is 1. The number of esters is 1. The first-order valence-electron chi connectivity index (χ1n) is 7.21. The van der Waals surface area contributed by atoms with Gasteiger partial charge in [-0.2, -0.15) is 0 Å². The quantitative estimate of drug-likeness (QED) is 0.812. The van der Waals surface area contributed by atoms with Gasteiger partial charge in [0.05, 0.1) is 11.5 Å². The smallest absolute Gasteiger partial charge is 0.306 e. The molecule has 1 aromatic carbocycles. The normalized spacial score (nSPS) is 20.7. The molecule has 0 aliphatic carbocycles. The van der Waals surface area contributed by atoms with E-state index in [1.807, 2.05) is 0 Å². The van der Waals surface area contributed by atoms with Gasteiger partial charge in [-0.3, -0.25) is 9.59 Å². The zero-order chi connectivity index (χ0) is 17.0. The predicted octanol–water partition coefficient (Wildman–Crippen LogP) is 2.03. The highest BCUT2D eigenvalue weighted by Crippen LogP contribution is 2.22. The highest BCUT2D eigenvalue weighted by Gasteiger charge is 2.30. The summed E-state index contributed by atoms with van der Waals surface area (Å²) in [5, 5.41) is 3.08. The van der Waals surface area contributed by atoms with Gasteiger partial charge in [-0.15, -0.1) is 0 Å². The maximum Gasteiger partial charge on any atom is 0.306 e. The summed E-state index contributed by atoms with van der Waals surface area (Å²) in [5.41, 5.74) is 0.507. The van der Waals surface area contributed by atoms with Crippen LogP contribution in [0.1, 0.15) is 19.8 Å². The van der Waals surface area contributed by atoms with Crippen LogP contribution in [0, 0.1) is 5.92 Å². The number of amides is 1. The first-order valence-corrected chi connectivity index (χ1v) is 9.41. The standard InChI is InChI=1S/C15H18ClNO5S/c1-10(15(19)17-13-4-2-3-12(16)8-13)22-14(18)7-11-5-6-23(20,21)9-11/h2-4,8,10-11H,5-7,9H2,1H3,(H,17,19). The fraction of sp³-hybridized carbons (Fsp3) is 0.467. The molecule has 0 saturated carbocycles. The number of sulfone groups is 1. The van der Waals surface area contributed by atoms with Crippen LogP contribution in [0.5, 0.6) is 0 Å². The Hall–Kier alpha value is -1.60. The van der Waals surface area contributed by atoms with Crippen LogP contribution >= 0.6 is 11.6 Å². The summed E-state index contributed by atoms with van der Waals surface area (Å²) >= 11 is 5.82. The van der Waals surface area contributed by atoms with Crippen LogP contribution in [0.4, 0.5) is 5.69 Å². The SMILES string of the molecule is CC(OC(=O)CC1CCS(=O)(=O)C1)C(=O)Nc1cccc(Cl)c1. The second-order valence-corrected chi connectivity index (χ2v) is 8.27. The first-order chi connectivity index (χ1) is 10.7. The third-order valence-corrected chi connectivity index (χ3v) is 5.62. The van der Waals surface area contributed by atoms with Crippen molar-refractivity contribution >= 4 is 39.0 Å². The van der Waals surface area contributed by atoms with E-state index in [1.165, 1.54) is 6.92 Å². The summed E-state index contributed by atoms with van der Waals surface area (Å²) in [5.74, 6) is -1.16. The van der Waals surface area contributed by atoms with Crippen molar-refractivity contribution < 1.29 is 22.7 Å². The molecule has 2 unspecified atom stereocenters. The molecule has 0 radical (unpaired) electrons. The molecule has 2 rings (SSSR count). The van der Waals surface area contributed by atoms with Gasteiger partial charge in [0.15, 0.2) is 15.9 Å². The Morgan fingerprint density at radius 1 is 1.43 bits per heavy atom. The summed E-state index contributed by atoms with van der Waals surface area (Å²) in [7, 11) is -3.03. The van der Waals surface area contributed by atoms with Gasteiger partial charge < -0.3 is 10.1 Å². The number of rotatable bonds is 5. The van der Waals surface area contributed by atoms with Gasteiger partial charge in [-0.1, -0.05) is 17.7 Å². The van der Waals surface area contributed by atoms with Crippen LogP contribution < -0.4 is 5.32 Å². The minimum absolute atomic E-state index is 0.00515. The van der Waals surface area contributed by atoms with Gasteiger partial charge in [-0.25, -0.2) is 8.42 Å².